The van der Waals surface area contributed by atoms with Gasteiger partial charge in [-0.1, -0.05) is 66.7 Å². The third-order valence-corrected chi connectivity index (χ3v) is 11.8. The van der Waals surface area contributed by atoms with Crippen LogP contribution in [-0.2, 0) is 43.8 Å². The number of likely N-dealkylation sites (N-methyl/N-ethyl adjacent to an activating group) is 2. The van der Waals surface area contributed by atoms with E-state index in [1.807, 2.05) is 48.5 Å². The van der Waals surface area contributed by atoms with Gasteiger partial charge in [0.25, 0.3) is 0 Å². The molecule has 1 aromatic carbocycles. The molecule has 18 nitrogen and oxygen atoms in total. The molecule has 0 radical (unpaired) electrons. The number of nitrogens with one attached hydrogen (secondary N) is 4. The van der Waals surface area contributed by atoms with Crippen LogP contribution in [0.1, 0.15) is 80.2 Å². The molecule has 0 saturated carbocycles. The van der Waals surface area contributed by atoms with Crippen LogP contribution >= 0.6 is 11.8 Å². The summed E-state index contributed by atoms with van der Waals surface area (Å²) in [7, 11) is 3.22. The number of carboxylic acid groups (broad SMARTS) is 2. The molecule has 3 unspecified atom stereocenters. The molecule has 2 rings (SSSR count). The fraction of sp³-hybridized carbons (Fsp3) is 0.610. The van der Waals surface area contributed by atoms with Crippen molar-refractivity contribution in [2.45, 2.75) is 116 Å². The number of imide groups is 1. The lowest BCUT2D eigenvalue weighted by Gasteiger charge is -2.40. The van der Waals surface area contributed by atoms with Gasteiger partial charge in [-0.15, -0.1) is 11.8 Å². The van der Waals surface area contributed by atoms with Gasteiger partial charge in [-0.3, -0.25) is 38.5 Å². The zero-order chi connectivity index (χ0) is 45.9. The number of phenols is 1. The van der Waals surface area contributed by atoms with Gasteiger partial charge in [-0.2, -0.15) is 0 Å². The molecular weight excluding hydrogens is 799 g/mol. The minimum absolute atomic E-state index is 0.0597. The van der Waals surface area contributed by atoms with Crippen molar-refractivity contribution in [3.63, 3.8) is 0 Å². The number of benzene rings is 1. The molecule has 0 bridgehead atoms. The van der Waals surface area contributed by atoms with Gasteiger partial charge < -0.3 is 47.2 Å². The van der Waals surface area contributed by atoms with E-state index in [0.717, 1.165) is 22.2 Å². The largest absolute Gasteiger partial charge is 0.508 e. The van der Waals surface area contributed by atoms with Crippen LogP contribution in [0.3, 0.4) is 0 Å². The second-order valence-corrected chi connectivity index (χ2v) is 18.2. The number of hydrogen-bond acceptors (Lipinski definition) is 12. The van der Waals surface area contributed by atoms with E-state index >= 15 is 0 Å². The van der Waals surface area contributed by atoms with Crippen LogP contribution < -0.4 is 27.0 Å². The number of hydrogen-bond donors (Lipinski definition) is 8. The van der Waals surface area contributed by atoms with E-state index in [1.54, 1.807) is 44.4 Å². The third kappa shape index (κ3) is 14.0. The van der Waals surface area contributed by atoms with Crippen LogP contribution in [0.15, 0.2) is 35.9 Å². The quantitative estimate of drug-likeness (QED) is 0.0596. The Morgan fingerprint density at radius 1 is 0.983 bits per heavy atom. The highest BCUT2D eigenvalue weighted by atomic mass is 32.2. The Morgan fingerprint density at radius 2 is 1.58 bits per heavy atom. The number of rotatable bonds is 22. The van der Waals surface area contributed by atoms with Crippen LogP contribution in [0.4, 0.5) is 0 Å². The van der Waals surface area contributed by atoms with Crippen molar-refractivity contribution in [3.05, 3.63) is 41.5 Å². The molecule has 1 heterocycles. The average Bonchev–Trinajstić information content (AvgIpc) is 3.42. The summed E-state index contributed by atoms with van der Waals surface area (Å²) in [4.78, 5) is 105. The predicted molar refractivity (Wildman–Crippen MR) is 226 cm³/mol. The second kappa shape index (κ2) is 22.0. The molecule has 6 atom stereocenters. The maximum Gasteiger partial charge on any atom is 0.326 e. The first-order valence-electron chi connectivity index (χ1n) is 19.7. The third-order valence-electron chi connectivity index (χ3n) is 10.5. The fourth-order valence-corrected chi connectivity index (χ4v) is 7.81. The van der Waals surface area contributed by atoms with E-state index in [0.29, 0.717) is 0 Å². The van der Waals surface area contributed by atoms with Crippen molar-refractivity contribution in [3.8, 4) is 5.75 Å². The summed E-state index contributed by atoms with van der Waals surface area (Å²) in [6.07, 6.45) is 0.845. The minimum atomic E-state index is -1.45. The molecule has 60 heavy (non-hydrogen) atoms. The molecule has 334 valence electrons. The Balaban J connectivity index is 2.08. The smallest absolute Gasteiger partial charge is 0.326 e. The lowest BCUT2D eigenvalue weighted by Crippen LogP contribution is -2.61. The van der Waals surface area contributed by atoms with Gasteiger partial charge in [0, 0.05) is 49.7 Å². The summed E-state index contributed by atoms with van der Waals surface area (Å²) in [5, 5.41) is 38.8. The summed E-state index contributed by atoms with van der Waals surface area (Å²) < 4.78 is 0. The number of thioether (sulfide) groups is 1. The normalized spacial score (nSPS) is 17.4. The van der Waals surface area contributed by atoms with E-state index in [-0.39, 0.29) is 55.3 Å². The summed E-state index contributed by atoms with van der Waals surface area (Å²) in [5.74, 6) is -5.94. The number of likely N-dealkylation sites (tertiary alicyclic amines) is 1. The van der Waals surface area contributed by atoms with Gasteiger partial charge in [0.2, 0.25) is 35.4 Å². The number of carbonyl (C=O) groups excluding carboxylic acids is 6. The Bertz CT molecular complexity index is 1780. The molecule has 19 heteroatoms. The molecule has 1 saturated heterocycles. The maximum absolute atomic E-state index is 14.2. The first-order chi connectivity index (χ1) is 27.7. The van der Waals surface area contributed by atoms with E-state index < -0.39 is 93.7 Å². The van der Waals surface area contributed by atoms with Gasteiger partial charge in [-0.25, -0.2) is 4.79 Å². The molecule has 0 aromatic heterocycles. The van der Waals surface area contributed by atoms with Crippen molar-refractivity contribution < 1.29 is 53.7 Å². The van der Waals surface area contributed by atoms with Crippen LogP contribution in [0.2, 0.25) is 0 Å². The Morgan fingerprint density at radius 3 is 2.10 bits per heavy atom. The number of carbonyl (C=O) groups is 8. The van der Waals surface area contributed by atoms with Crippen molar-refractivity contribution in [2.24, 2.45) is 17.1 Å². The lowest BCUT2D eigenvalue weighted by molar-refractivity contribution is -0.142. The first kappa shape index (κ1) is 51.1. The van der Waals surface area contributed by atoms with E-state index in [4.69, 9.17) is 10.8 Å². The zero-order valence-electron chi connectivity index (χ0n) is 36.2. The average molecular weight is 862 g/mol. The minimum Gasteiger partial charge on any atom is -0.508 e. The fourth-order valence-electron chi connectivity index (χ4n) is 6.69. The molecule has 1 fully saturated rings. The van der Waals surface area contributed by atoms with Gasteiger partial charge in [0.15, 0.2) is 0 Å². The molecular formula is C41H63N7O11S. The number of nitrogens with two attached hydrogens (primary N) is 1. The standard InChI is InChI=1S/C41H63N7O11S/c1-22(2)28(47(10)37(55)33(40(4,5)6)46-35(53)32(43-9)41(7,8)24-11-13-25(49)14-12-24)19-23(3)34(52)45-27(39(58)59)15-16-30(50)44-17-18-48-31(51)20-29(36(48)54)60-21-26(42)38(56)57/h11-14,19,22,26-29,32-33,43,49H,15-18,20-21,42H2,1-10H3,(H,44,50)(H,45,52)(H,46,53)(H,56,57)(H,58,59)/b23-19+/t26-,27+,28+,29?,32?,33?/m0/s1. The number of aromatic hydroxyl groups is 1. The topological polar surface area (TPSA) is 278 Å². The number of aliphatic carboxylic acids is 2. The van der Waals surface area contributed by atoms with E-state index in [9.17, 15) is 48.6 Å². The van der Waals surface area contributed by atoms with Crippen molar-refractivity contribution in [1.29, 1.82) is 0 Å². The van der Waals surface area contributed by atoms with Crippen molar-refractivity contribution in [1.82, 2.24) is 31.1 Å². The van der Waals surface area contributed by atoms with Gasteiger partial charge in [0.1, 0.15) is 23.9 Å². The maximum atomic E-state index is 14.2. The van der Waals surface area contributed by atoms with Crippen molar-refractivity contribution in [2.75, 3.05) is 32.9 Å². The summed E-state index contributed by atoms with van der Waals surface area (Å²) in [6.45, 7) is 14.2. The van der Waals surface area contributed by atoms with Gasteiger partial charge >= 0.3 is 11.9 Å². The Kier molecular flexibility index (Phi) is 18.8. The molecule has 1 aliphatic heterocycles. The van der Waals surface area contributed by atoms with Crippen LogP contribution in [0.5, 0.6) is 5.75 Å². The monoisotopic (exact) mass is 861 g/mol. The van der Waals surface area contributed by atoms with E-state index in [1.165, 1.54) is 11.8 Å². The number of nitrogens with zero attached hydrogens (tertiary/aromatic N) is 2. The van der Waals surface area contributed by atoms with Crippen LogP contribution in [0, 0.1) is 11.3 Å². The predicted octanol–water partition coefficient (Wildman–Crippen LogP) is 0.956. The lowest BCUT2D eigenvalue weighted by atomic mass is 9.76. The number of carboxylic acids is 2. The number of amides is 6. The van der Waals surface area contributed by atoms with Crippen LogP contribution in [-0.4, -0.2) is 141 Å². The van der Waals surface area contributed by atoms with Crippen LogP contribution in [0.25, 0.3) is 0 Å². The highest BCUT2D eigenvalue weighted by Gasteiger charge is 2.42. The molecule has 1 aromatic rings. The Hall–Kier alpha value is -5.01. The van der Waals surface area contributed by atoms with Crippen molar-refractivity contribution >= 4 is 59.1 Å². The number of phenolic OH excluding ortho intramolecular Hbond substituents is 1. The Labute approximate surface area is 355 Å². The SMILES string of the molecule is CNC(C(=O)NC(C(=O)N(C)[C@H](/C=C(\C)C(=O)N[C@H](CCC(=O)NCCN1C(=O)CC(SC[C@H](N)C(=O)O)C1=O)C(=O)O)C(C)C)C(C)(C)C)C(C)(C)c1ccc(O)cc1. The highest BCUT2D eigenvalue weighted by Crippen LogP contribution is 2.30. The first-order valence-corrected chi connectivity index (χ1v) is 20.8. The highest BCUT2D eigenvalue weighted by molar-refractivity contribution is 8.00. The molecule has 1 aliphatic rings. The molecule has 9 N–H and O–H groups in total. The summed E-state index contributed by atoms with van der Waals surface area (Å²) in [6, 6.07) is 1.49. The van der Waals surface area contributed by atoms with E-state index in [2.05, 4.69) is 21.3 Å². The molecule has 0 spiro atoms. The second-order valence-electron chi connectivity index (χ2n) is 16.9. The van der Waals surface area contributed by atoms with Gasteiger partial charge in [0.05, 0.1) is 17.3 Å². The molecule has 6 amide bonds. The summed E-state index contributed by atoms with van der Waals surface area (Å²) in [5.41, 5.74) is 4.89. The van der Waals surface area contributed by atoms with Gasteiger partial charge in [-0.05, 0) is 49.4 Å². The molecule has 0 aliphatic carbocycles. The summed E-state index contributed by atoms with van der Waals surface area (Å²) >= 11 is 0.971. The zero-order valence-corrected chi connectivity index (χ0v) is 37.0.